The number of nitriles is 1. The van der Waals surface area contributed by atoms with Gasteiger partial charge < -0.3 is 5.32 Å². The number of nitrogens with zero attached hydrogens (tertiary/aromatic N) is 9. The maximum Gasteiger partial charge on any atom is 0.228 e. The third kappa shape index (κ3) is 6.41. The van der Waals surface area contributed by atoms with E-state index in [2.05, 4.69) is 46.8 Å². The van der Waals surface area contributed by atoms with Crippen LogP contribution in [0.1, 0.15) is 43.2 Å². The lowest BCUT2D eigenvalue weighted by Gasteiger charge is -2.36. The van der Waals surface area contributed by atoms with E-state index in [-0.39, 0.29) is 18.0 Å². The number of benzene rings is 1. The van der Waals surface area contributed by atoms with Gasteiger partial charge in [0.25, 0.3) is 0 Å². The zero-order valence-electron chi connectivity index (χ0n) is 23.8. The number of H-pyrrole nitrogens is 1. The fraction of sp³-hybridized carbons (Fsp3) is 0.290. The Morgan fingerprint density at radius 1 is 1.09 bits per heavy atom. The van der Waals surface area contributed by atoms with Crippen LogP contribution in [0.5, 0.6) is 0 Å². The number of hydrogen-bond donors (Lipinski definition) is 2. The number of nitrogens with one attached hydrogen (secondary N) is 2. The summed E-state index contributed by atoms with van der Waals surface area (Å²) in [5.74, 6) is 1.05. The largest absolute Gasteiger partial charge is 0.351 e. The van der Waals surface area contributed by atoms with Gasteiger partial charge in [0.1, 0.15) is 11.8 Å². The first-order valence-electron chi connectivity index (χ1n) is 14.3. The van der Waals surface area contributed by atoms with Gasteiger partial charge >= 0.3 is 0 Å². The molecule has 1 aliphatic carbocycles. The molecule has 0 radical (unpaired) electrons. The van der Waals surface area contributed by atoms with Gasteiger partial charge in [-0.05, 0) is 55.9 Å². The third-order valence-electron chi connectivity index (χ3n) is 7.70. The first kappa shape index (κ1) is 27.7. The molecule has 0 atom stereocenters. The lowest BCUT2D eigenvalue weighted by molar-refractivity contribution is -0.119. The molecule has 0 unspecified atom stereocenters. The first-order valence-corrected chi connectivity index (χ1v) is 14.3. The van der Waals surface area contributed by atoms with Crippen molar-refractivity contribution in [3.05, 3.63) is 84.4 Å². The van der Waals surface area contributed by atoms with Gasteiger partial charge in [0.15, 0.2) is 5.82 Å². The van der Waals surface area contributed by atoms with Crippen molar-refractivity contribution >= 4 is 17.7 Å². The molecule has 216 valence electrons. The van der Waals surface area contributed by atoms with Gasteiger partial charge in [-0.3, -0.25) is 19.5 Å². The molecule has 0 bridgehead atoms. The molecule has 2 N–H and O–H groups in total. The van der Waals surface area contributed by atoms with Crippen LogP contribution >= 0.6 is 0 Å². The van der Waals surface area contributed by atoms with Crippen LogP contribution in [0.15, 0.2) is 73.3 Å². The Labute approximate surface area is 248 Å². The Morgan fingerprint density at radius 2 is 1.93 bits per heavy atom. The van der Waals surface area contributed by atoms with E-state index < -0.39 is 0 Å². The summed E-state index contributed by atoms with van der Waals surface area (Å²) in [7, 11) is 1.86. The fourth-order valence-electron chi connectivity index (χ4n) is 5.48. The lowest BCUT2D eigenvalue weighted by atomic mass is 9.89. The molecular formula is C31H31N11O. The summed E-state index contributed by atoms with van der Waals surface area (Å²) in [6.45, 7) is 0. The number of carbonyl (C=O) groups is 1. The van der Waals surface area contributed by atoms with E-state index in [0.717, 1.165) is 36.8 Å². The van der Waals surface area contributed by atoms with Crippen molar-refractivity contribution in [1.29, 1.82) is 5.26 Å². The van der Waals surface area contributed by atoms with E-state index in [1.165, 1.54) is 6.20 Å². The number of hydrogen-bond acceptors (Lipinski definition) is 9. The van der Waals surface area contributed by atoms with Gasteiger partial charge in [0.05, 0.1) is 29.3 Å². The van der Waals surface area contributed by atoms with Crippen LogP contribution in [-0.2, 0) is 18.3 Å². The monoisotopic (exact) mass is 573 g/mol. The van der Waals surface area contributed by atoms with Crippen molar-refractivity contribution < 1.29 is 4.79 Å². The highest BCUT2D eigenvalue weighted by Crippen LogP contribution is 2.30. The SMILES string of the molecule is Cn1cc(-c2ccc(N(C(=O)CCc3ccccc3)C3CCC(Nc4ncc(C#N)c(-c5ccn[nH]5)n4)CC3)nn2)cn1. The summed E-state index contributed by atoms with van der Waals surface area (Å²) >= 11 is 0. The minimum Gasteiger partial charge on any atom is -0.351 e. The van der Waals surface area contributed by atoms with E-state index in [1.54, 1.807) is 23.1 Å². The molecule has 1 saturated carbocycles. The third-order valence-corrected chi connectivity index (χ3v) is 7.70. The summed E-state index contributed by atoms with van der Waals surface area (Å²) in [4.78, 5) is 24.5. The average Bonchev–Trinajstić information content (AvgIpc) is 3.74. The van der Waals surface area contributed by atoms with Gasteiger partial charge in [-0.2, -0.15) is 15.5 Å². The Balaban J connectivity index is 1.16. The Morgan fingerprint density at radius 3 is 2.60 bits per heavy atom. The minimum atomic E-state index is -0.0118. The molecule has 12 heteroatoms. The van der Waals surface area contributed by atoms with Crippen LogP contribution in [0.3, 0.4) is 0 Å². The predicted molar refractivity (Wildman–Crippen MR) is 160 cm³/mol. The maximum absolute atomic E-state index is 13.7. The lowest BCUT2D eigenvalue weighted by Crippen LogP contribution is -2.45. The van der Waals surface area contributed by atoms with Gasteiger partial charge in [-0.1, -0.05) is 30.3 Å². The van der Waals surface area contributed by atoms with Crippen molar-refractivity contribution in [1.82, 2.24) is 40.1 Å². The van der Waals surface area contributed by atoms with Gasteiger partial charge in [-0.15, -0.1) is 10.2 Å². The van der Waals surface area contributed by atoms with Crippen molar-refractivity contribution in [3.63, 3.8) is 0 Å². The summed E-state index contributed by atoms with van der Waals surface area (Å²) in [6.07, 6.45) is 11.0. The van der Waals surface area contributed by atoms with Crippen molar-refractivity contribution in [2.45, 2.75) is 50.6 Å². The van der Waals surface area contributed by atoms with E-state index >= 15 is 0 Å². The quantitative estimate of drug-likeness (QED) is 0.262. The van der Waals surface area contributed by atoms with Crippen LogP contribution < -0.4 is 10.2 Å². The van der Waals surface area contributed by atoms with Crippen LogP contribution in [-0.4, -0.2) is 58.1 Å². The molecule has 0 saturated heterocycles. The summed E-state index contributed by atoms with van der Waals surface area (Å²) in [5, 5.41) is 32.9. The van der Waals surface area contributed by atoms with Gasteiger partial charge in [0, 0.05) is 43.5 Å². The highest BCUT2D eigenvalue weighted by atomic mass is 16.2. The minimum absolute atomic E-state index is 0.0118. The second-order valence-electron chi connectivity index (χ2n) is 10.6. The molecule has 6 rings (SSSR count). The summed E-state index contributed by atoms with van der Waals surface area (Å²) in [6, 6.07) is 17.8. The van der Waals surface area contributed by atoms with Gasteiger partial charge in [-0.25, -0.2) is 9.97 Å². The number of anilines is 2. The van der Waals surface area contributed by atoms with Crippen LogP contribution in [0.2, 0.25) is 0 Å². The van der Waals surface area contributed by atoms with E-state index in [0.29, 0.717) is 47.3 Å². The van der Waals surface area contributed by atoms with Crippen LogP contribution in [0.25, 0.3) is 22.6 Å². The second kappa shape index (κ2) is 12.6. The molecule has 1 aromatic carbocycles. The Hall–Kier alpha value is -5.44. The molecule has 0 spiro atoms. The van der Waals surface area contributed by atoms with E-state index in [1.807, 2.05) is 60.6 Å². The van der Waals surface area contributed by atoms with Crippen molar-refractivity contribution in [2.75, 3.05) is 10.2 Å². The molecule has 4 aromatic heterocycles. The molecule has 1 fully saturated rings. The normalized spacial score (nSPS) is 16.4. The molecule has 1 amide bonds. The number of rotatable bonds is 9. The standard InChI is InChI=1S/C31H31N11O/c1-41-20-23(19-35-41)26-12-13-28(40-39-26)42(29(43)14-7-21-5-3-2-4-6-21)25-10-8-24(9-11-25)36-31-33-18-22(17-32)30(37-31)27-15-16-34-38-27/h2-6,12-13,15-16,18-20,24-25H,7-11,14H2,1H3,(H,34,38)(H,33,36,37). The summed E-state index contributed by atoms with van der Waals surface area (Å²) < 4.78 is 1.72. The first-order chi connectivity index (χ1) is 21.1. The number of aryl methyl sites for hydroxylation is 2. The molecule has 0 aliphatic heterocycles. The van der Waals surface area contributed by atoms with Crippen LogP contribution in [0, 0.1) is 11.3 Å². The van der Waals surface area contributed by atoms with E-state index in [4.69, 9.17) is 0 Å². The maximum atomic E-state index is 13.7. The molecule has 1 aliphatic rings. The van der Waals surface area contributed by atoms with Crippen LogP contribution in [0.4, 0.5) is 11.8 Å². The van der Waals surface area contributed by atoms with E-state index in [9.17, 15) is 10.1 Å². The Kier molecular flexibility index (Phi) is 8.13. The number of aromatic amines is 1. The molecule has 5 aromatic rings. The topological polar surface area (TPSA) is 154 Å². The second-order valence-corrected chi connectivity index (χ2v) is 10.6. The molecule has 4 heterocycles. The fourth-order valence-corrected chi connectivity index (χ4v) is 5.48. The smallest absolute Gasteiger partial charge is 0.228 e. The zero-order chi connectivity index (χ0) is 29.6. The molecular weight excluding hydrogens is 542 g/mol. The zero-order valence-corrected chi connectivity index (χ0v) is 23.8. The highest BCUT2D eigenvalue weighted by molar-refractivity contribution is 5.93. The Bertz CT molecular complexity index is 1700. The van der Waals surface area contributed by atoms with Crippen molar-refractivity contribution in [3.8, 4) is 28.7 Å². The highest BCUT2D eigenvalue weighted by Gasteiger charge is 2.31. The number of carbonyl (C=O) groups excluding carboxylic acids is 1. The number of amides is 1. The average molecular weight is 574 g/mol. The molecule has 43 heavy (non-hydrogen) atoms. The van der Waals surface area contributed by atoms with Crippen molar-refractivity contribution in [2.24, 2.45) is 7.05 Å². The van der Waals surface area contributed by atoms with Gasteiger partial charge in [0.2, 0.25) is 11.9 Å². The number of aromatic nitrogens is 8. The summed E-state index contributed by atoms with van der Waals surface area (Å²) in [5.41, 5.74) is 4.24. The molecule has 12 nitrogen and oxygen atoms in total. The predicted octanol–water partition coefficient (Wildman–Crippen LogP) is 4.32.